The molecular weight excluding hydrogens is 258 g/mol. The summed E-state index contributed by atoms with van der Waals surface area (Å²) in [6.45, 7) is 5.07. The Morgan fingerprint density at radius 3 is 2.20 bits per heavy atom. The molecule has 1 unspecified atom stereocenters. The summed E-state index contributed by atoms with van der Waals surface area (Å²) in [4.78, 5) is 34.9. The number of carbonyl (C=O) groups excluding carboxylic acids is 3. The number of nitrogens with one attached hydrogen (secondary N) is 3. The first kappa shape index (κ1) is 16.5. The Balaban J connectivity index is 2.50. The lowest BCUT2D eigenvalue weighted by Crippen LogP contribution is -2.51. The molecule has 0 aromatic rings. The number of rotatable bonds is 6. The fraction of sp³-hybridized carbons (Fsp3) is 0.786. The molecule has 0 aromatic heterocycles. The van der Waals surface area contributed by atoms with Gasteiger partial charge in [-0.1, -0.05) is 12.8 Å². The van der Waals surface area contributed by atoms with Gasteiger partial charge in [0, 0.05) is 13.0 Å². The fourth-order valence-corrected chi connectivity index (χ4v) is 2.56. The minimum Gasteiger partial charge on any atom is -0.352 e. The molecule has 1 saturated carbocycles. The summed E-state index contributed by atoms with van der Waals surface area (Å²) in [5, 5.41) is 8.01. The van der Waals surface area contributed by atoms with E-state index >= 15 is 0 Å². The Labute approximate surface area is 120 Å². The maximum absolute atomic E-state index is 12.2. The summed E-state index contributed by atoms with van der Waals surface area (Å²) in [6.07, 6.45) is 4.05. The van der Waals surface area contributed by atoms with Crippen molar-refractivity contribution < 1.29 is 14.4 Å². The molecule has 1 aliphatic rings. The van der Waals surface area contributed by atoms with Crippen molar-refractivity contribution >= 4 is 17.7 Å². The quantitative estimate of drug-likeness (QED) is 0.656. The average molecular weight is 283 g/mol. The third-order valence-electron chi connectivity index (χ3n) is 3.39. The predicted octanol–water partition coefficient (Wildman–Crippen LogP) is 0.322. The lowest BCUT2D eigenvalue weighted by atomic mass is 9.97. The van der Waals surface area contributed by atoms with Crippen molar-refractivity contribution in [2.45, 2.75) is 58.5 Å². The second kappa shape index (κ2) is 7.87. The molecule has 1 aliphatic carbocycles. The van der Waals surface area contributed by atoms with Crippen LogP contribution in [0.5, 0.6) is 0 Å². The molecule has 0 aliphatic heterocycles. The topological polar surface area (TPSA) is 87.3 Å². The number of amides is 3. The zero-order chi connectivity index (χ0) is 15.1. The maximum atomic E-state index is 12.2. The molecule has 6 heteroatoms. The number of carbonyl (C=O) groups is 3. The fourth-order valence-electron chi connectivity index (χ4n) is 2.56. The van der Waals surface area contributed by atoms with E-state index in [-0.39, 0.29) is 36.2 Å². The lowest BCUT2D eigenvalue weighted by molar-refractivity contribution is -0.131. The molecular formula is C14H25N3O3. The first-order valence-corrected chi connectivity index (χ1v) is 7.24. The number of hydrogen-bond donors (Lipinski definition) is 3. The summed E-state index contributed by atoms with van der Waals surface area (Å²) in [6, 6.07) is -0.484. The second-order valence-electron chi connectivity index (χ2n) is 5.66. The Morgan fingerprint density at radius 2 is 1.70 bits per heavy atom. The minimum absolute atomic E-state index is 0.0420. The molecule has 0 heterocycles. The van der Waals surface area contributed by atoms with Gasteiger partial charge in [-0.25, -0.2) is 0 Å². The van der Waals surface area contributed by atoms with Gasteiger partial charge in [0.15, 0.2) is 0 Å². The molecule has 0 radical (unpaired) electrons. The van der Waals surface area contributed by atoms with Gasteiger partial charge >= 0.3 is 0 Å². The first-order valence-electron chi connectivity index (χ1n) is 7.24. The van der Waals surface area contributed by atoms with Crippen molar-refractivity contribution in [2.24, 2.45) is 5.92 Å². The predicted molar refractivity (Wildman–Crippen MR) is 75.9 cm³/mol. The largest absolute Gasteiger partial charge is 0.352 e. The van der Waals surface area contributed by atoms with Crippen LogP contribution in [-0.2, 0) is 14.4 Å². The van der Waals surface area contributed by atoms with E-state index in [9.17, 15) is 14.4 Å². The molecule has 3 N–H and O–H groups in total. The zero-order valence-electron chi connectivity index (χ0n) is 12.5. The van der Waals surface area contributed by atoms with Crippen LogP contribution in [0.3, 0.4) is 0 Å². The van der Waals surface area contributed by atoms with E-state index in [1.165, 1.54) is 6.92 Å². The molecule has 6 nitrogen and oxygen atoms in total. The van der Waals surface area contributed by atoms with Crippen molar-refractivity contribution in [3.63, 3.8) is 0 Å². The van der Waals surface area contributed by atoms with Crippen LogP contribution in [0.1, 0.15) is 46.5 Å². The zero-order valence-corrected chi connectivity index (χ0v) is 12.5. The molecule has 0 aromatic carbocycles. The molecule has 3 amide bonds. The minimum atomic E-state index is -0.526. The molecule has 1 rings (SSSR count). The smallest absolute Gasteiger partial charge is 0.243 e. The molecule has 1 atom stereocenters. The van der Waals surface area contributed by atoms with E-state index in [4.69, 9.17) is 0 Å². The van der Waals surface area contributed by atoms with Crippen molar-refractivity contribution in [2.75, 3.05) is 6.54 Å². The average Bonchev–Trinajstić information content (AvgIpc) is 2.85. The third kappa shape index (κ3) is 5.59. The van der Waals surface area contributed by atoms with Crippen LogP contribution in [0.15, 0.2) is 0 Å². The summed E-state index contributed by atoms with van der Waals surface area (Å²) >= 11 is 0. The van der Waals surface area contributed by atoms with Crippen LogP contribution in [-0.4, -0.2) is 36.3 Å². The highest BCUT2D eigenvalue weighted by atomic mass is 16.2. The summed E-state index contributed by atoms with van der Waals surface area (Å²) in [5.41, 5.74) is 0. The highest BCUT2D eigenvalue weighted by Gasteiger charge is 2.31. The van der Waals surface area contributed by atoms with E-state index in [2.05, 4.69) is 16.0 Å². The van der Waals surface area contributed by atoms with Crippen LogP contribution in [0.2, 0.25) is 0 Å². The Bertz CT molecular complexity index is 363. The Hall–Kier alpha value is -1.59. The van der Waals surface area contributed by atoms with Crippen LogP contribution in [0, 0.1) is 5.92 Å². The Kier molecular flexibility index (Phi) is 6.48. The summed E-state index contributed by atoms with van der Waals surface area (Å²) in [5.74, 6) is -0.539. The normalized spacial score (nSPS) is 16.8. The summed E-state index contributed by atoms with van der Waals surface area (Å²) in [7, 11) is 0. The van der Waals surface area contributed by atoms with Gasteiger partial charge in [-0.05, 0) is 32.6 Å². The SMILES string of the molecule is CC(=O)NC(C(=O)NCC(=O)NC(C)C)C1CCCC1. The molecule has 0 bridgehead atoms. The van der Waals surface area contributed by atoms with Gasteiger partial charge in [0.05, 0.1) is 6.54 Å². The standard InChI is InChI=1S/C14H25N3O3/c1-9(2)16-12(19)8-15-14(20)13(17-10(3)18)11-6-4-5-7-11/h9,11,13H,4-8H2,1-3H3,(H,15,20)(H,16,19)(H,17,18). The van der Waals surface area contributed by atoms with Gasteiger partial charge < -0.3 is 16.0 Å². The molecule has 20 heavy (non-hydrogen) atoms. The Morgan fingerprint density at radius 1 is 1.10 bits per heavy atom. The molecule has 0 saturated heterocycles. The van der Waals surface area contributed by atoms with Crippen molar-refractivity contribution in [3.8, 4) is 0 Å². The van der Waals surface area contributed by atoms with Crippen LogP contribution in [0.25, 0.3) is 0 Å². The molecule has 0 spiro atoms. The summed E-state index contributed by atoms with van der Waals surface area (Å²) < 4.78 is 0. The molecule has 114 valence electrons. The van der Waals surface area contributed by atoms with E-state index in [1.807, 2.05) is 13.8 Å². The van der Waals surface area contributed by atoms with Crippen LogP contribution >= 0.6 is 0 Å². The highest BCUT2D eigenvalue weighted by molar-refractivity contribution is 5.90. The van der Waals surface area contributed by atoms with E-state index in [0.717, 1.165) is 25.7 Å². The van der Waals surface area contributed by atoms with Crippen LogP contribution < -0.4 is 16.0 Å². The molecule has 1 fully saturated rings. The van der Waals surface area contributed by atoms with Gasteiger partial charge in [-0.15, -0.1) is 0 Å². The second-order valence-corrected chi connectivity index (χ2v) is 5.66. The highest BCUT2D eigenvalue weighted by Crippen LogP contribution is 2.27. The van der Waals surface area contributed by atoms with Gasteiger partial charge in [0.25, 0.3) is 0 Å². The van der Waals surface area contributed by atoms with Gasteiger partial charge in [-0.3, -0.25) is 14.4 Å². The van der Waals surface area contributed by atoms with Crippen molar-refractivity contribution in [1.82, 2.24) is 16.0 Å². The van der Waals surface area contributed by atoms with Gasteiger partial charge in [-0.2, -0.15) is 0 Å². The van der Waals surface area contributed by atoms with Crippen LogP contribution in [0.4, 0.5) is 0 Å². The monoisotopic (exact) mass is 283 g/mol. The van der Waals surface area contributed by atoms with Gasteiger partial charge in [0.2, 0.25) is 17.7 Å². The van der Waals surface area contributed by atoms with Crippen molar-refractivity contribution in [1.29, 1.82) is 0 Å². The lowest BCUT2D eigenvalue weighted by Gasteiger charge is -2.23. The van der Waals surface area contributed by atoms with E-state index in [1.54, 1.807) is 0 Å². The maximum Gasteiger partial charge on any atom is 0.243 e. The first-order chi connectivity index (χ1) is 9.40. The van der Waals surface area contributed by atoms with Crippen molar-refractivity contribution in [3.05, 3.63) is 0 Å². The third-order valence-corrected chi connectivity index (χ3v) is 3.39. The van der Waals surface area contributed by atoms with Gasteiger partial charge in [0.1, 0.15) is 6.04 Å². The number of hydrogen-bond acceptors (Lipinski definition) is 3. The van der Waals surface area contributed by atoms with E-state index < -0.39 is 6.04 Å². The van der Waals surface area contributed by atoms with E-state index in [0.29, 0.717) is 0 Å².